The molecule has 6 nitrogen and oxygen atoms in total. The van der Waals surface area contributed by atoms with Gasteiger partial charge in [-0.15, -0.1) is 0 Å². The van der Waals surface area contributed by atoms with Gasteiger partial charge in [-0.3, -0.25) is 4.79 Å². The van der Waals surface area contributed by atoms with Gasteiger partial charge in [0.25, 0.3) is 0 Å². The van der Waals surface area contributed by atoms with Crippen LogP contribution >= 0.6 is 0 Å². The predicted molar refractivity (Wildman–Crippen MR) is 63.4 cm³/mol. The van der Waals surface area contributed by atoms with E-state index < -0.39 is 38.7 Å². The lowest BCUT2D eigenvalue weighted by atomic mass is 10.1. The summed E-state index contributed by atoms with van der Waals surface area (Å²) in [6, 6.07) is 2.68. The highest BCUT2D eigenvalue weighted by molar-refractivity contribution is 7.88. The Morgan fingerprint density at radius 1 is 1.19 bits per heavy atom. The van der Waals surface area contributed by atoms with Crippen molar-refractivity contribution in [2.75, 3.05) is 7.11 Å². The summed E-state index contributed by atoms with van der Waals surface area (Å²) in [7, 11) is -5.01. The van der Waals surface area contributed by atoms with E-state index in [-0.39, 0.29) is 5.56 Å². The van der Waals surface area contributed by atoms with E-state index in [1.165, 1.54) is 0 Å². The fourth-order valence-corrected chi connectivity index (χ4v) is 1.73. The van der Waals surface area contributed by atoms with E-state index in [9.17, 15) is 31.2 Å². The van der Waals surface area contributed by atoms with Gasteiger partial charge >= 0.3 is 21.6 Å². The van der Waals surface area contributed by atoms with Gasteiger partial charge in [0.2, 0.25) is 0 Å². The molecule has 1 aromatic rings. The van der Waals surface area contributed by atoms with Crippen LogP contribution in [0.4, 0.5) is 13.2 Å². The zero-order valence-corrected chi connectivity index (χ0v) is 11.5. The SMILES string of the molecule is COC(=O)c1cc(C(C)=O)ccc1OS(=O)(=O)C(F)(F)F. The number of hydrogen-bond donors (Lipinski definition) is 0. The molecule has 1 aromatic carbocycles. The van der Waals surface area contributed by atoms with Gasteiger partial charge in [0.1, 0.15) is 5.56 Å². The first kappa shape index (κ1) is 17.0. The van der Waals surface area contributed by atoms with Crippen LogP contribution in [-0.4, -0.2) is 32.8 Å². The Balaban J connectivity index is 3.37. The highest BCUT2D eigenvalue weighted by atomic mass is 32.2. The number of benzene rings is 1. The third-order valence-corrected chi connectivity index (χ3v) is 3.24. The number of rotatable bonds is 4. The van der Waals surface area contributed by atoms with Crippen molar-refractivity contribution < 1.29 is 40.1 Å². The first-order valence-electron chi connectivity index (χ1n) is 5.23. The Kier molecular flexibility index (Phi) is 4.62. The van der Waals surface area contributed by atoms with E-state index in [1.807, 2.05) is 0 Å². The average Bonchev–Trinajstić information content (AvgIpc) is 2.36. The molecule has 0 aliphatic rings. The smallest absolute Gasteiger partial charge is 0.465 e. The predicted octanol–water partition coefficient (Wildman–Crippen LogP) is 1.90. The van der Waals surface area contributed by atoms with Crippen LogP contribution in [0.5, 0.6) is 5.75 Å². The van der Waals surface area contributed by atoms with Gasteiger partial charge in [0.15, 0.2) is 11.5 Å². The molecule has 116 valence electrons. The van der Waals surface area contributed by atoms with Crippen molar-refractivity contribution in [2.24, 2.45) is 0 Å². The van der Waals surface area contributed by atoms with E-state index in [0.717, 1.165) is 32.2 Å². The summed E-state index contributed by atoms with van der Waals surface area (Å²) in [5.41, 5.74) is -6.29. The molecule has 0 spiro atoms. The highest BCUT2D eigenvalue weighted by Gasteiger charge is 2.49. The maximum absolute atomic E-state index is 12.3. The summed E-state index contributed by atoms with van der Waals surface area (Å²) in [6.07, 6.45) is 0. The zero-order valence-electron chi connectivity index (χ0n) is 10.7. The van der Waals surface area contributed by atoms with Crippen molar-refractivity contribution in [3.05, 3.63) is 29.3 Å². The molecule has 0 radical (unpaired) electrons. The van der Waals surface area contributed by atoms with Crippen LogP contribution in [-0.2, 0) is 14.9 Å². The van der Waals surface area contributed by atoms with E-state index in [1.54, 1.807) is 0 Å². The van der Waals surface area contributed by atoms with Crippen molar-refractivity contribution >= 4 is 21.9 Å². The molecule has 0 saturated heterocycles. The molecule has 1 rings (SSSR count). The van der Waals surface area contributed by atoms with Gasteiger partial charge in [-0.1, -0.05) is 0 Å². The van der Waals surface area contributed by atoms with Crippen LogP contribution in [0.3, 0.4) is 0 Å². The summed E-state index contributed by atoms with van der Waals surface area (Å²) in [4.78, 5) is 22.6. The highest BCUT2D eigenvalue weighted by Crippen LogP contribution is 2.30. The van der Waals surface area contributed by atoms with Crippen LogP contribution in [0.2, 0.25) is 0 Å². The van der Waals surface area contributed by atoms with E-state index >= 15 is 0 Å². The normalized spacial score (nSPS) is 11.9. The van der Waals surface area contributed by atoms with Gasteiger partial charge in [0, 0.05) is 5.56 Å². The Labute approximate surface area is 117 Å². The fraction of sp³-hybridized carbons (Fsp3) is 0.273. The number of carbonyl (C=O) groups excluding carboxylic acids is 2. The molecule has 0 amide bonds. The number of alkyl halides is 3. The molecular formula is C11H9F3O6S. The molecule has 0 N–H and O–H groups in total. The number of methoxy groups -OCH3 is 1. The van der Waals surface area contributed by atoms with E-state index in [0.29, 0.717) is 0 Å². The maximum Gasteiger partial charge on any atom is 0.534 e. The molecule has 0 saturated carbocycles. The Morgan fingerprint density at radius 3 is 2.19 bits per heavy atom. The summed E-state index contributed by atoms with van der Waals surface area (Å²) in [5.74, 6) is -2.51. The largest absolute Gasteiger partial charge is 0.534 e. The number of ether oxygens (including phenoxy) is 1. The number of carbonyl (C=O) groups is 2. The molecule has 0 fully saturated rings. The average molecular weight is 326 g/mol. The maximum atomic E-state index is 12.3. The van der Waals surface area contributed by atoms with Gasteiger partial charge in [-0.25, -0.2) is 4.79 Å². The van der Waals surface area contributed by atoms with Gasteiger partial charge in [-0.05, 0) is 25.1 Å². The number of Topliss-reactive ketones (excluding diaryl/α,β-unsaturated/α-hetero) is 1. The quantitative estimate of drug-likeness (QED) is 0.363. The minimum Gasteiger partial charge on any atom is -0.465 e. The number of halogens is 3. The molecule has 0 bridgehead atoms. The van der Waals surface area contributed by atoms with Gasteiger partial charge in [-0.2, -0.15) is 21.6 Å². The lowest BCUT2D eigenvalue weighted by molar-refractivity contribution is -0.0500. The van der Waals surface area contributed by atoms with Crippen LogP contribution in [0.25, 0.3) is 0 Å². The summed E-state index contributed by atoms with van der Waals surface area (Å²) >= 11 is 0. The summed E-state index contributed by atoms with van der Waals surface area (Å²) < 4.78 is 66.8. The van der Waals surface area contributed by atoms with Crippen LogP contribution in [0.15, 0.2) is 18.2 Å². The first-order valence-corrected chi connectivity index (χ1v) is 6.64. The Hall–Kier alpha value is -2.10. The molecule has 0 aliphatic carbocycles. The first-order chi connectivity index (χ1) is 9.49. The van der Waals surface area contributed by atoms with Crippen molar-refractivity contribution in [1.82, 2.24) is 0 Å². The third-order valence-electron chi connectivity index (χ3n) is 2.27. The lowest BCUT2D eigenvalue weighted by Crippen LogP contribution is -2.28. The molecule has 0 atom stereocenters. The molecule has 0 unspecified atom stereocenters. The second-order valence-corrected chi connectivity index (χ2v) is 5.28. The molecule has 0 aromatic heterocycles. The standard InChI is InChI=1S/C11H9F3O6S/c1-6(15)7-3-4-9(8(5-7)10(16)19-2)20-21(17,18)11(12,13)14/h3-5H,1-2H3. The van der Waals surface area contributed by atoms with Crippen molar-refractivity contribution in [2.45, 2.75) is 12.4 Å². The topological polar surface area (TPSA) is 86.7 Å². The molecule has 10 heteroatoms. The fourth-order valence-electron chi connectivity index (χ4n) is 1.26. The number of hydrogen-bond acceptors (Lipinski definition) is 6. The minimum absolute atomic E-state index is 0.0212. The zero-order chi connectivity index (χ0) is 16.4. The number of esters is 1. The van der Waals surface area contributed by atoms with E-state index in [2.05, 4.69) is 8.92 Å². The summed E-state index contributed by atoms with van der Waals surface area (Å²) in [5, 5.41) is 0. The monoisotopic (exact) mass is 326 g/mol. The van der Waals surface area contributed by atoms with Crippen LogP contribution in [0.1, 0.15) is 27.6 Å². The molecular weight excluding hydrogens is 317 g/mol. The summed E-state index contributed by atoms with van der Waals surface area (Å²) in [6.45, 7) is 1.16. The molecule has 0 aliphatic heterocycles. The van der Waals surface area contributed by atoms with Crippen molar-refractivity contribution in [1.29, 1.82) is 0 Å². The Morgan fingerprint density at radius 2 is 1.76 bits per heavy atom. The lowest BCUT2D eigenvalue weighted by Gasteiger charge is -2.12. The second kappa shape index (κ2) is 5.72. The van der Waals surface area contributed by atoms with Gasteiger partial charge < -0.3 is 8.92 Å². The molecule has 0 heterocycles. The minimum atomic E-state index is -5.94. The Bertz CT molecular complexity index is 678. The van der Waals surface area contributed by atoms with Gasteiger partial charge in [0.05, 0.1) is 7.11 Å². The number of ketones is 1. The van der Waals surface area contributed by atoms with E-state index in [4.69, 9.17) is 0 Å². The molecule has 21 heavy (non-hydrogen) atoms. The van der Waals surface area contributed by atoms with Crippen LogP contribution < -0.4 is 4.18 Å². The third kappa shape index (κ3) is 3.72. The van der Waals surface area contributed by atoms with Crippen molar-refractivity contribution in [3.63, 3.8) is 0 Å². The van der Waals surface area contributed by atoms with Crippen molar-refractivity contribution in [3.8, 4) is 5.75 Å². The van der Waals surface area contributed by atoms with Crippen LogP contribution in [0, 0.1) is 0 Å². The second-order valence-electron chi connectivity index (χ2n) is 3.74.